The van der Waals surface area contributed by atoms with Crippen molar-refractivity contribution in [1.29, 1.82) is 0 Å². The van der Waals surface area contributed by atoms with Crippen molar-refractivity contribution in [3.8, 4) is 0 Å². The number of nitrogens with one attached hydrogen (secondary N) is 1. The van der Waals surface area contributed by atoms with Gasteiger partial charge in [0.2, 0.25) is 0 Å². The summed E-state index contributed by atoms with van der Waals surface area (Å²) in [6.45, 7) is 0.501. The van der Waals surface area contributed by atoms with Gasteiger partial charge in [-0.15, -0.1) is 0 Å². The van der Waals surface area contributed by atoms with Crippen LogP contribution in [0.4, 0.5) is 0 Å². The van der Waals surface area contributed by atoms with E-state index in [0.717, 1.165) is 19.3 Å². The van der Waals surface area contributed by atoms with E-state index in [0.29, 0.717) is 17.3 Å². The van der Waals surface area contributed by atoms with Crippen LogP contribution in [0.1, 0.15) is 19.3 Å². The molecule has 2 atom stereocenters. The molecule has 0 bridgehead atoms. The molecule has 0 aliphatic heterocycles. The van der Waals surface area contributed by atoms with Crippen LogP contribution in [0.15, 0.2) is 17.6 Å². The van der Waals surface area contributed by atoms with Gasteiger partial charge in [-0.25, -0.2) is 18.1 Å². The Labute approximate surface area is 110 Å². The van der Waals surface area contributed by atoms with Crippen LogP contribution >= 0.6 is 15.9 Å². The Balaban J connectivity index is 1.94. The van der Waals surface area contributed by atoms with Gasteiger partial charge in [-0.3, -0.25) is 0 Å². The van der Waals surface area contributed by atoms with E-state index in [-0.39, 0.29) is 5.03 Å². The van der Waals surface area contributed by atoms with Gasteiger partial charge in [0.15, 0.2) is 5.03 Å². The average molecular weight is 322 g/mol. The first-order valence-corrected chi connectivity index (χ1v) is 7.99. The van der Waals surface area contributed by atoms with Crippen LogP contribution in [0.2, 0.25) is 0 Å². The topological polar surface area (TPSA) is 64.0 Å². The van der Waals surface area contributed by atoms with Crippen LogP contribution in [0, 0.1) is 5.92 Å². The lowest BCUT2D eigenvalue weighted by molar-refractivity contribution is 0.519. The first kappa shape index (κ1) is 13.0. The maximum absolute atomic E-state index is 11.9. The molecule has 1 saturated carbocycles. The summed E-state index contributed by atoms with van der Waals surface area (Å²) in [4.78, 5) is 4.38. The van der Waals surface area contributed by atoms with Crippen molar-refractivity contribution in [3.05, 3.63) is 12.5 Å². The molecular formula is C10H16BrN3O2S. The number of hydrogen-bond donors (Lipinski definition) is 1. The Kier molecular flexibility index (Phi) is 3.89. The molecule has 2 unspecified atom stereocenters. The van der Waals surface area contributed by atoms with Crippen LogP contribution in [0.25, 0.3) is 0 Å². The lowest BCUT2D eigenvalue weighted by Crippen LogP contribution is -2.29. The van der Waals surface area contributed by atoms with Gasteiger partial charge in [0.1, 0.15) is 0 Å². The fourth-order valence-corrected chi connectivity index (χ4v) is 3.92. The molecule has 5 nitrogen and oxygen atoms in total. The molecule has 1 fully saturated rings. The molecule has 2 rings (SSSR count). The van der Waals surface area contributed by atoms with E-state index in [2.05, 4.69) is 25.6 Å². The van der Waals surface area contributed by atoms with Crippen LogP contribution in [-0.4, -0.2) is 29.3 Å². The Bertz CT molecular complexity index is 485. The standard InChI is InChI=1S/C10H16BrN3O2S/c1-14-6-10(12-7-14)17(15,16)13-5-8-2-3-9(11)4-8/h6-9,13H,2-5H2,1H3. The van der Waals surface area contributed by atoms with E-state index >= 15 is 0 Å². The van der Waals surface area contributed by atoms with Gasteiger partial charge in [0, 0.05) is 24.6 Å². The third kappa shape index (κ3) is 3.29. The summed E-state index contributed by atoms with van der Waals surface area (Å²) >= 11 is 3.55. The number of imidazole rings is 1. The van der Waals surface area contributed by atoms with Gasteiger partial charge in [0.25, 0.3) is 10.0 Å². The van der Waals surface area contributed by atoms with Crippen molar-refractivity contribution in [2.75, 3.05) is 6.54 Å². The Morgan fingerprint density at radius 1 is 1.59 bits per heavy atom. The van der Waals surface area contributed by atoms with Crippen molar-refractivity contribution in [1.82, 2.24) is 14.3 Å². The third-order valence-electron chi connectivity index (χ3n) is 3.00. The van der Waals surface area contributed by atoms with E-state index in [1.165, 1.54) is 12.5 Å². The second kappa shape index (κ2) is 5.07. The summed E-state index contributed by atoms with van der Waals surface area (Å²) in [5.74, 6) is 0.429. The number of aryl methyl sites for hydroxylation is 1. The van der Waals surface area contributed by atoms with Gasteiger partial charge < -0.3 is 4.57 Å². The molecule has 1 aromatic heterocycles. The summed E-state index contributed by atoms with van der Waals surface area (Å²) in [6.07, 6.45) is 6.21. The van der Waals surface area contributed by atoms with Crippen LogP contribution in [0.5, 0.6) is 0 Å². The second-order valence-electron chi connectivity index (χ2n) is 4.51. The molecule has 1 aromatic rings. The third-order valence-corrected chi connectivity index (χ3v) is 5.14. The van der Waals surface area contributed by atoms with Crippen LogP contribution in [-0.2, 0) is 17.1 Å². The average Bonchev–Trinajstić information content (AvgIpc) is 2.85. The first-order valence-electron chi connectivity index (χ1n) is 5.59. The summed E-state index contributed by atoms with van der Waals surface area (Å²) in [6, 6.07) is 0. The van der Waals surface area contributed by atoms with Gasteiger partial charge in [-0.05, 0) is 25.2 Å². The molecule has 0 spiro atoms. The Morgan fingerprint density at radius 2 is 2.35 bits per heavy atom. The number of rotatable bonds is 4. The minimum Gasteiger partial charge on any atom is -0.339 e. The molecule has 96 valence electrons. The zero-order valence-corrected chi connectivity index (χ0v) is 12.0. The number of sulfonamides is 1. The number of aromatic nitrogens is 2. The van der Waals surface area contributed by atoms with E-state index in [1.54, 1.807) is 11.6 Å². The summed E-state index contributed by atoms with van der Waals surface area (Å²) < 4.78 is 28.0. The molecule has 1 aliphatic carbocycles. The monoisotopic (exact) mass is 321 g/mol. The Hall–Kier alpha value is -0.400. The van der Waals surface area contributed by atoms with Crippen molar-refractivity contribution in [2.24, 2.45) is 13.0 Å². The maximum Gasteiger partial charge on any atom is 0.259 e. The van der Waals surface area contributed by atoms with Crippen molar-refractivity contribution >= 4 is 26.0 Å². The highest BCUT2D eigenvalue weighted by Gasteiger charge is 2.25. The van der Waals surface area contributed by atoms with Gasteiger partial charge in [0.05, 0.1) is 6.33 Å². The van der Waals surface area contributed by atoms with Crippen molar-refractivity contribution in [2.45, 2.75) is 29.1 Å². The lowest BCUT2D eigenvalue weighted by atomic mass is 10.1. The highest BCUT2D eigenvalue weighted by atomic mass is 79.9. The highest BCUT2D eigenvalue weighted by molar-refractivity contribution is 9.09. The smallest absolute Gasteiger partial charge is 0.259 e. The van der Waals surface area contributed by atoms with E-state index in [4.69, 9.17) is 0 Å². The van der Waals surface area contributed by atoms with Crippen LogP contribution < -0.4 is 4.72 Å². The SMILES string of the molecule is Cn1cnc(S(=O)(=O)NCC2CCC(Br)C2)c1. The fraction of sp³-hybridized carbons (Fsp3) is 0.700. The van der Waals surface area contributed by atoms with E-state index in [9.17, 15) is 8.42 Å². The molecule has 7 heteroatoms. The highest BCUT2D eigenvalue weighted by Crippen LogP contribution is 2.30. The summed E-state index contributed by atoms with van der Waals surface area (Å²) in [5.41, 5.74) is 0. The largest absolute Gasteiger partial charge is 0.339 e. The first-order chi connectivity index (χ1) is 7.97. The molecule has 0 saturated heterocycles. The molecule has 1 aliphatic rings. The molecule has 0 radical (unpaired) electrons. The van der Waals surface area contributed by atoms with Crippen molar-refractivity contribution in [3.63, 3.8) is 0 Å². The molecule has 0 aromatic carbocycles. The second-order valence-corrected chi connectivity index (χ2v) is 7.51. The predicted octanol–water partition coefficient (Wildman–Crippen LogP) is 1.26. The molecule has 1 N–H and O–H groups in total. The van der Waals surface area contributed by atoms with Gasteiger partial charge >= 0.3 is 0 Å². The number of alkyl halides is 1. The number of halogens is 1. The quantitative estimate of drug-likeness (QED) is 0.849. The number of nitrogens with zero attached hydrogens (tertiary/aromatic N) is 2. The summed E-state index contributed by atoms with van der Waals surface area (Å²) in [5, 5.41) is 0.0911. The van der Waals surface area contributed by atoms with Gasteiger partial charge in [-0.2, -0.15) is 0 Å². The van der Waals surface area contributed by atoms with E-state index < -0.39 is 10.0 Å². The lowest BCUT2D eigenvalue weighted by Gasteiger charge is -2.09. The Morgan fingerprint density at radius 3 is 2.88 bits per heavy atom. The maximum atomic E-state index is 11.9. The predicted molar refractivity (Wildman–Crippen MR) is 68.5 cm³/mol. The minimum atomic E-state index is -3.44. The van der Waals surface area contributed by atoms with Crippen molar-refractivity contribution < 1.29 is 8.42 Å². The fourth-order valence-electron chi connectivity index (χ4n) is 2.03. The summed E-state index contributed by atoms with van der Waals surface area (Å²) in [7, 11) is -1.69. The zero-order chi connectivity index (χ0) is 12.5. The zero-order valence-electron chi connectivity index (χ0n) is 9.63. The van der Waals surface area contributed by atoms with E-state index in [1.807, 2.05) is 0 Å². The molecule has 1 heterocycles. The minimum absolute atomic E-state index is 0.0911. The normalized spacial score (nSPS) is 25.3. The molecule has 0 amide bonds. The molecule has 17 heavy (non-hydrogen) atoms. The van der Waals surface area contributed by atoms with Crippen LogP contribution in [0.3, 0.4) is 0 Å². The number of hydrogen-bond acceptors (Lipinski definition) is 3. The van der Waals surface area contributed by atoms with Gasteiger partial charge in [-0.1, -0.05) is 15.9 Å². The molecular weight excluding hydrogens is 306 g/mol.